The van der Waals surface area contributed by atoms with Crippen molar-refractivity contribution in [3.63, 3.8) is 0 Å². The molecule has 2 rings (SSSR count). The zero-order chi connectivity index (χ0) is 15.4. The van der Waals surface area contributed by atoms with E-state index in [1.165, 1.54) is 5.56 Å². The van der Waals surface area contributed by atoms with Crippen molar-refractivity contribution in [1.29, 1.82) is 0 Å². The summed E-state index contributed by atoms with van der Waals surface area (Å²) >= 11 is 0. The van der Waals surface area contributed by atoms with Crippen LogP contribution in [0.25, 0.3) is 0 Å². The average molecular weight is 288 g/mol. The highest BCUT2D eigenvalue weighted by Crippen LogP contribution is 2.20. The number of nitrogens with zero attached hydrogens (tertiary/aromatic N) is 2. The van der Waals surface area contributed by atoms with Crippen molar-refractivity contribution in [2.24, 2.45) is 11.1 Å². The summed E-state index contributed by atoms with van der Waals surface area (Å²) in [5.41, 5.74) is 3.31. The Morgan fingerprint density at radius 2 is 2.14 bits per heavy atom. The minimum absolute atomic E-state index is 0.0410. The summed E-state index contributed by atoms with van der Waals surface area (Å²) in [4.78, 5) is 19.2. The molecule has 0 saturated carbocycles. The maximum atomic E-state index is 12.0. The number of oxime groups is 1. The van der Waals surface area contributed by atoms with Gasteiger partial charge in [0.25, 0.3) is 0 Å². The van der Waals surface area contributed by atoms with Crippen molar-refractivity contribution >= 4 is 11.6 Å². The van der Waals surface area contributed by atoms with Crippen LogP contribution >= 0.6 is 0 Å². The fourth-order valence-corrected chi connectivity index (χ4v) is 2.49. The third-order valence-corrected chi connectivity index (χ3v) is 3.68. The number of aryl methyl sites for hydroxylation is 1. The van der Waals surface area contributed by atoms with E-state index in [9.17, 15) is 4.79 Å². The molecule has 4 heteroatoms. The lowest BCUT2D eigenvalue weighted by Crippen LogP contribution is -2.35. The number of hydrogen-bond acceptors (Lipinski definition) is 3. The van der Waals surface area contributed by atoms with Gasteiger partial charge in [-0.3, -0.25) is 4.79 Å². The van der Waals surface area contributed by atoms with Gasteiger partial charge >= 0.3 is 0 Å². The highest BCUT2D eigenvalue weighted by atomic mass is 16.6. The van der Waals surface area contributed by atoms with Crippen LogP contribution in [0, 0.1) is 12.8 Å². The van der Waals surface area contributed by atoms with Gasteiger partial charge in [-0.25, -0.2) is 0 Å². The number of likely N-dealkylation sites (N-methyl/N-ethyl adjacent to an activating group) is 1. The molecule has 1 aromatic carbocycles. The van der Waals surface area contributed by atoms with Gasteiger partial charge in [0.1, 0.15) is 0 Å². The first-order chi connectivity index (χ1) is 9.97. The van der Waals surface area contributed by atoms with E-state index in [-0.39, 0.29) is 12.0 Å². The van der Waals surface area contributed by atoms with Gasteiger partial charge in [0.2, 0.25) is 5.91 Å². The lowest BCUT2D eigenvalue weighted by molar-refractivity contribution is -0.132. The minimum Gasteiger partial charge on any atom is -0.390 e. The smallest absolute Gasteiger partial charge is 0.222 e. The van der Waals surface area contributed by atoms with Gasteiger partial charge < -0.3 is 9.74 Å². The maximum Gasteiger partial charge on any atom is 0.222 e. The fraction of sp³-hybridized carbons (Fsp3) is 0.529. The summed E-state index contributed by atoms with van der Waals surface area (Å²) < 4.78 is 0. The second kappa shape index (κ2) is 6.74. The van der Waals surface area contributed by atoms with Crippen molar-refractivity contribution in [3.05, 3.63) is 35.4 Å². The predicted octanol–water partition coefficient (Wildman–Crippen LogP) is 2.99. The van der Waals surface area contributed by atoms with Gasteiger partial charge in [0, 0.05) is 25.5 Å². The third kappa shape index (κ3) is 4.06. The Morgan fingerprint density at radius 1 is 1.43 bits per heavy atom. The zero-order valence-corrected chi connectivity index (χ0v) is 13.3. The molecule has 1 aliphatic rings. The van der Waals surface area contributed by atoms with Crippen LogP contribution in [0.5, 0.6) is 0 Å². The molecule has 0 N–H and O–H groups in total. The summed E-state index contributed by atoms with van der Waals surface area (Å²) in [5, 5.41) is 4.20. The van der Waals surface area contributed by atoms with Gasteiger partial charge in [-0.1, -0.05) is 43.3 Å². The Balaban J connectivity index is 1.90. The molecular formula is C17H24N2O2. The van der Waals surface area contributed by atoms with Crippen LogP contribution in [0.4, 0.5) is 0 Å². The van der Waals surface area contributed by atoms with Crippen molar-refractivity contribution in [1.82, 2.24) is 4.90 Å². The van der Waals surface area contributed by atoms with Gasteiger partial charge in [-0.05, 0) is 18.4 Å². The van der Waals surface area contributed by atoms with Crippen LogP contribution in [0.3, 0.4) is 0 Å². The van der Waals surface area contributed by atoms with Crippen LogP contribution in [0.2, 0.25) is 0 Å². The topological polar surface area (TPSA) is 41.9 Å². The molecule has 21 heavy (non-hydrogen) atoms. The number of rotatable bonds is 5. The fourth-order valence-electron chi connectivity index (χ4n) is 2.49. The summed E-state index contributed by atoms with van der Waals surface area (Å²) in [6.07, 6.45) is 1.29. The molecule has 1 aliphatic heterocycles. The quantitative estimate of drug-likeness (QED) is 0.836. The van der Waals surface area contributed by atoms with E-state index in [0.29, 0.717) is 18.9 Å². The van der Waals surface area contributed by atoms with Gasteiger partial charge in [-0.15, -0.1) is 0 Å². The molecule has 0 aliphatic carbocycles. The molecule has 0 saturated heterocycles. The first-order valence-electron chi connectivity index (χ1n) is 7.50. The van der Waals surface area contributed by atoms with Gasteiger partial charge in [0.15, 0.2) is 6.10 Å². The Bertz CT molecular complexity index is 537. The largest absolute Gasteiger partial charge is 0.390 e. The number of hydrogen-bond donors (Lipinski definition) is 0. The first kappa shape index (κ1) is 15.5. The van der Waals surface area contributed by atoms with E-state index in [4.69, 9.17) is 4.84 Å². The van der Waals surface area contributed by atoms with E-state index in [1.807, 2.05) is 19.2 Å². The van der Waals surface area contributed by atoms with E-state index in [2.05, 4.69) is 38.1 Å². The Labute approximate surface area is 126 Å². The molecule has 114 valence electrons. The standard InChI is InChI=1S/C17H24N2O2/c1-12(2)9-17(20)19(4)11-14-10-16(18-21-14)15-8-6-5-7-13(15)3/h5-8,12,14H,9-11H2,1-4H3. The number of amides is 1. The second-order valence-electron chi connectivity index (χ2n) is 6.16. The lowest BCUT2D eigenvalue weighted by Gasteiger charge is -2.20. The summed E-state index contributed by atoms with van der Waals surface area (Å²) in [5.74, 6) is 0.543. The molecule has 1 amide bonds. The van der Waals surface area contributed by atoms with E-state index < -0.39 is 0 Å². The Hall–Kier alpha value is -1.84. The maximum absolute atomic E-state index is 12.0. The number of carbonyl (C=O) groups excluding carboxylic acids is 1. The monoisotopic (exact) mass is 288 g/mol. The van der Waals surface area contributed by atoms with E-state index >= 15 is 0 Å². The van der Waals surface area contributed by atoms with Crippen molar-refractivity contribution in [3.8, 4) is 0 Å². The van der Waals surface area contributed by atoms with Crippen LogP contribution in [0.1, 0.15) is 37.8 Å². The molecule has 0 aromatic heterocycles. The normalized spacial score (nSPS) is 17.6. The SMILES string of the molecule is Cc1ccccc1C1=NOC(CN(C)C(=O)CC(C)C)C1. The predicted molar refractivity (Wildman–Crippen MR) is 84.3 cm³/mol. The lowest BCUT2D eigenvalue weighted by atomic mass is 10.0. The van der Waals surface area contributed by atoms with Gasteiger partial charge in [0.05, 0.1) is 12.3 Å². The summed E-state index contributed by atoms with van der Waals surface area (Å²) in [7, 11) is 1.83. The van der Waals surface area contributed by atoms with Crippen LogP contribution in [-0.2, 0) is 9.63 Å². The molecule has 0 radical (unpaired) electrons. The van der Waals surface area contributed by atoms with Crippen LogP contribution in [-0.4, -0.2) is 36.2 Å². The summed E-state index contributed by atoms with van der Waals surface area (Å²) in [6.45, 7) is 6.77. The molecule has 1 heterocycles. The Morgan fingerprint density at radius 3 is 2.81 bits per heavy atom. The van der Waals surface area contributed by atoms with Gasteiger partial charge in [-0.2, -0.15) is 0 Å². The molecule has 1 unspecified atom stereocenters. The molecular weight excluding hydrogens is 264 g/mol. The molecule has 0 bridgehead atoms. The molecule has 1 atom stereocenters. The van der Waals surface area contributed by atoms with Crippen molar-refractivity contribution in [2.75, 3.05) is 13.6 Å². The molecule has 0 spiro atoms. The third-order valence-electron chi connectivity index (χ3n) is 3.68. The van der Waals surface area contributed by atoms with E-state index in [0.717, 1.165) is 17.7 Å². The minimum atomic E-state index is -0.0410. The van der Waals surface area contributed by atoms with E-state index in [1.54, 1.807) is 4.90 Å². The molecule has 0 fully saturated rings. The first-order valence-corrected chi connectivity index (χ1v) is 7.50. The van der Waals surface area contributed by atoms with Crippen LogP contribution in [0.15, 0.2) is 29.4 Å². The number of carbonyl (C=O) groups is 1. The number of benzene rings is 1. The Kier molecular flexibility index (Phi) is 4.99. The van der Waals surface area contributed by atoms with Crippen molar-refractivity contribution in [2.45, 2.75) is 39.7 Å². The second-order valence-corrected chi connectivity index (χ2v) is 6.16. The highest BCUT2D eigenvalue weighted by Gasteiger charge is 2.25. The van der Waals surface area contributed by atoms with Crippen LogP contribution < -0.4 is 0 Å². The highest BCUT2D eigenvalue weighted by molar-refractivity contribution is 6.02. The molecule has 4 nitrogen and oxygen atoms in total. The van der Waals surface area contributed by atoms with Crippen molar-refractivity contribution < 1.29 is 9.63 Å². The summed E-state index contributed by atoms with van der Waals surface area (Å²) in [6, 6.07) is 8.17. The molecule has 1 aromatic rings. The zero-order valence-electron chi connectivity index (χ0n) is 13.3. The average Bonchev–Trinajstić information content (AvgIpc) is 2.86.